The molecule has 0 bridgehead atoms. The maximum Gasteiger partial charge on any atom is 0.267 e. The lowest BCUT2D eigenvalue weighted by Gasteiger charge is -2.13. The fraction of sp³-hybridized carbons (Fsp3) is 0.556. The normalized spacial score (nSPS) is 19.5. The van der Waals surface area contributed by atoms with Crippen molar-refractivity contribution in [3.05, 3.63) is 10.6 Å². The molecule has 82 valence electrons. The van der Waals surface area contributed by atoms with E-state index in [1.165, 1.54) is 16.2 Å². The monoisotopic (exact) mass is 232 g/mol. The van der Waals surface area contributed by atoms with Gasteiger partial charge in [-0.1, -0.05) is 11.3 Å². The van der Waals surface area contributed by atoms with Crippen LogP contribution in [0.15, 0.2) is 0 Å². The number of carbonyl (C=O) groups excluding carboxylic acids is 1. The second-order valence-electron chi connectivity index (χ2n) is 3.59. The molecule has 0 radical (unpaired) electrons. The first-order valence-corrected chi connectivity index (χ1v) is 5.39. The summed E-state index contributed by atoms with van der Waals surface area (Å²) in [6.07, 6.45) is 0.576. The van der Waals surface area contributed by atoms with Gasteiger partial charge in [0, 0.05) is 13.0 Å². The Bertz CT molecular complexity index is 391. The smallest absolute Gasteiger partial charge is 0.267 e. The number of halogens is 2. The zero-order chi connectivity index (χ0) is 11.1. The van der Waals surface area contributed by atoms with E-state index in [2.05, 4.69) is 4.98 Å². The second kappa shape index (κ2) is 3.52. The quantitative estimate of drug-likeness (QED) is 0.732. The first-order chi connectivity index (χ1) is 7.02. The third-order valence-corrected chi connectivity index (χ3v) is 3.51. The summed E-state index contributed by atoms with van der Waals surface area (Å²) >= 11 is 1.17. The Morgan fingerprint density at radius 1 is 1.60 bits per heavy atom. The number of anilines is 1. The van der Waals surface area contributed by atoms with Crippen LogP contribution in [0.5, 0.6) is 0 Å². The topological polar surface area (TPSA) is 33.2 Å². The van der Waals surface area contributed by atoms with Gasteiger partial charge in [0.15, 0.2) is 11.4 Å². The van der Waals surface area contributed by atoms with Crippen molar-refractivity contribution in [2.24, 2.45) is 0 Å². The molecule has 6 heteroatoms. The lowest BCUT2D eigenvalue weighted by Crippen LogP contribution is -2.24. The van der Waals surface area contributed by atoms with Crippen LogP contribution < -0.4 is 4.90 Å². The molecule has 0 unspecified atom stereocenters. The number of hydrogen-bond acceptors (Lipinski definition) is 4. The van der Waals surface area contributed by atoms with Gasteiger partial charge in [-0.05, 0) is 6.92 Å². The molecule has 0 N–H and O–H groups in total. The van der Waals surface area contributed by atoms with E-state index in [0.717, 1.165) is 0 Å². The highest BCUT2D eigenvalue weighted by Crippen LogP contribution is 2.33. The lowest BCUT2D eigenvalue weighted by atomic mass is 10.3. The van der Waals surface area contributed by atoms with Gasteiger partial charge in [0.2, 0.25) is 0 Å². The van der Waals surface area contributed by atoms with E-state index in [1.54, 1.807) is 6.92 Å². The van der Waals surface area contributed by atoms with E-state index in [4.69, 9.17) is 0 Å². The molecular formula is C9H10F2N2OS. The second-order valence-corrected chi connectivity index (χ2v) is 4.60. The minimum atomic E-state index is -2.62. The van der Waals surface area contributed by atoms with Crippen LogP contribution >= 0.6 is 11.3 Å². The molecule has 0 spiro atoms. The third kappa shape index (κ3) is 1.99. The molecule has 0 amide bonds. The van der Waals surface area contributed by atoms with Crippen LogP contribution in [0.25, 0.3) is 0 Å². The van der Waals surface area contributed by atoms with Crippen molar-refractivity contribution in [3.63, 3.8) is 0 Å². The van der Waals surface area contributed by atoms with Crippen molar-refractivity contribution < 1.29 is 13.6 Å². The van der Waals surface area contributed by atoms with E-state index in [0.29, 0.717) is 28.5 Å². The summed E-state index contributed by atoms with van der Waals surface area (Å²) in [6, 6.07) is 0. The maximum absolute atomic E-state index is 12.9. The average Bonchev–Trinajstić information content (AvgIpc) is 2.69. The molecule has 1 aromatic rings. The first-order valence-electron chi connectivity index (χ1n) is 4.57. The van der Waals surface area contributed by atoms with E-state index in [-0.39, 0.29) is 13.0 Å². The molecule has 0 aliphatic carbocycles. The zero-order valence-electron chi connectivity index (χ0n) is 8.17. The van der Waals surface area contributed by atoms with Gasteiger partial charge in [-0.15, -0.1) is 0 Å². The first kappa shape index (κ1) is 10.5. The van der Waals surface area contributed by atoms with Gasteiger partial charge in [0.05, 0.1) is 17.1 Å². The van der Waals surface area contributed by atoms with Crippen molar-refractivity contribution >= 4 is 22.8 Å². The molecule has 15 heavy (non-hydrogen) atoms. The Morgan fingerprint density at radius 2 is 2.33 bits per heavy atom. The highest BCUT2D eigenvalue weighted by atomic mass is 32.1. The average molecular weight is 232 g/mol. The van der Waals surface area contributed by atoms with Crippen LogP contribution in [0.2, 0.25) is 0 Å². The molecule has 1 aromatic heterocycles. The fourth-order valence-electron chi connectivity index (χ4n) is 1.54. The number of aromatic nitrogens is 1. The summed E-state index contributed by atoms with van der Waals surface area (Å²) < 4.78 is 25.9. The number of aryl methyl sites for hydroxylation is 1. The third-order valence-electron chi connectivity index (χ3n) is 2.37. The van der Waals surface area contributed by atoms with E-state index >= 15 is 0 Å². The van der Waals surface area contributed by atoms with Crippen molar-refractivity contribution in [1.29, 1.82) is 0 Å². The zero-order valence-corrected chi connectivity index (χ0v) is 8.98. The van der Waals surface area contributed by atoms with Gasteiger partial charge in [-0.3, -0.25) is 4.79 Å². The van der Waals surface area contributed by atoms with Gasteiger partial charge in [-0.25, -0.2) is 13.8 Å². The molecular weight excluding hydrogens is 222 g/mol. The molecule has 2 heterocycles. The standard InChI is InChI=1S/C9H10F2N2OS/c1-6-7(4-14)15-8(12-6)13-3-2-9(10,11)5-13/h4H,2-3,5H2,1H3. The molecule has 0 saturated carbocycles. The van der Waals surface area contributed by atoms with Gasteiger partial charge < -0.3 is 4.90 Å². The maximum atomic E-state index is 12.9. The van der Waals surface area contributed by atoms with Crippen LogP contribution in [-0.4, -0.2) is 30.3 Å². The van der Waals surface area contributed by atoms with Crippen LogP contribution in [-0.2, 0) is 0 Å². The van der Waals surface area contributed by atoms with E-state index in [1.807, 2.05) is 0 Å². The summed E-state index contributed by atoms with van der Waals surface area (Å²) in [6.45, 7) is 1.72. The molecule has 2 rings (SSSR count). The number of thiazole rings is 1. The van der Waals surface area contributed by atoms with Gasteiger partial charge in [0.25, 0.3) is 5.92 Å². The van der Waals surface area contributed by atoms with E-state index < -0.39 is 5.92 Å². The van der Waals surface area contributed by atoms with Gasteiger partial charge >= 0.3 is 0 Å². The van der Waals surface area contributed by atoms with Crippen molar-refractivity contribution in [2.45, 2.75) is 19.3 Å². The highest BCUT2D eigenvalue weighted by molar-refractivity contribution is 7.17. The Balaban J connectivity index is 2.20. The van der Waals surface area contributed by atoms with Crippen molar-refractivity contribution in [2.75, 3.05) is 18.0 Å². The summed E-state index contributed by atoms with van der Waals surface area (Å²) in [7, 11) is 0. The van der Waals surface area contributed by atoms with Crippen LogP contribution in [0.3, 0.4) is 0 Å². The summed E-state index contributed by atoms with van der Waals surface area (Å²) in [5, 5.41) is 0.520. The minimum absolute atomic E-state index is 0.137. The Morgan fingerprint density at radius 3 is 2.80 bits per heavy atom. The Hall–Kier alpha value is -1.04. The van der Waals surface area contributed by atoms with Crippen LogP contribution in [0, 0.1) is 6.92 Å². The molecule has 3 nitrogen and oxygen atoms in total. The summed E-state index contributed by atoms with van der Waals surface area (Å²) in [4.78, 5) is 16.7. The number of rotatable bonds is 2. The predicted octanol–water partition coefficient (Wildman–Crippen LogP) is 2.11. The molecule has 1 fully saturated rings. The minimum Gasteiger partial charge on any atom is -0.342 e. The van der Waals surface area contributed by atoms with Crippen LogP contribution in [0.1, 0.15) is 21.8 Å². The summed E-state index contributed by atoms with van der Waals surface area (Å²) in [5.41, 5.74) is 0.611. The van der Waals surface area contributed by atoms with Gasteiger partial charge in [0.1, 0.15) is 0 Å². The number of alkyl halides is 2. The van der Waals surface area contributed by atoms with E-state index in [9.17, 15) is 13.6 Å². The molecule has 1 aliphatic heterocycles. The molecule has 1 saturated heterocycles. The largest absolute Gasteiger partial charge is 0.342 e. The van der Waals surface area contributed by atoms with Crippen molar-refractivity contribution in [1.82, 2.24) is 4.98 Å². The number of hydrogen-bond donors (Lipinski definition) is 0. The number of aldehydes is 1. The fourth-order valence-corrected chi connectivity index (χ4v) is 2.44. The van der Waals surface area contributed by atoms with Crippen molar-refractivity contribution in [3.8, 4) is 0 Å². The summed E-state index contributed by atoms with van der Waals surface area (Å²) in [5.74, 6) is -2.62. The highest BCUT2D eigenvalue weighted by Gasteiger charge is 2.39. The SMILES string of the molecule is Cc1nc(N2CCC(F)(F)C2)sc1C=O. The molecule has 0 aromatic carbocycles. The Labute approximate surface area is 89.7 Å². The number of carbonyl (C=O) groups is 1. The molecule has 1 aliphatic rings. The Kier molecular flexibility index (Phi) is 2.46. The number of nitrogens with zero attached hydrogens (tertiary/aromatic N) is 2. The predicted molar refractivity (Wildman–Crippen MR) is 54.0 cm³/mol. The van der Waals surface area contributed by atoms with Gasteiger partial charge in [-0.2, -0.15) is 0 Å². The lowest BCUT2D eigenvalue weighted by molar-refractivity contribution is 0.0257. The van der Waals surface area contributed by atoms with Crippen LogP contribution in [0.4, 0.5) is 13.9 Å². The molecule has 0 atom stereocenters.